The summed E-state index contributed by atoms with van der Waals surface area (Å²) in [4.78, 5) is 52.1. The number of hydrogen-bond acceptors (Lipinski definition) is 10. The molecule has 1 atom stereocenters. The van der Waals surface area contributed by atoms with Gasteiger partial charge in [-0.05, 0) is 80.3 Å². The van der Waals surface area contributed by atoms with Crippen LogP contribution in [0.4, 0.5) is 26.1 Å². The van der Waals surface area contributed by atoms with E-state index in [1.165, 1.54) is 12.3 Å². The van der Waals surface area contributed by atoms with Crippen LogP contribution in [0.5, 0.6) is 0 Å². The predicted molar refractivity (Wildman–Crippen MR) is 218 cm³/mol. The first-order valence-corrected chi connectivity index (χ1v) is 20.4. The number of carbonyl (C=O) groups excluding carboxylic acids is 3. The average Bonchev–Trinajstić information content (AvgIpc) is 3.24. The van der Waals surface area contributed by atoms with E-state index in [9.17, 15) is 23.9 Å². The molecule has 8 rings (SSSR count). The third kappa shape index (κ3) is 9.13. The number of β-amino-alcohol motifs (C(OH)–C–C–N with tert-alkyl or cyclic N) is 1. The largest absolute Gasteiger partial charge is 0.388 e. The number of piperidine rings is 2. The topological polar surface area (TPSA) is 143 Å². The van der Waals surface area contributed by atoms with Gasteiger partial charge in [-0.2, -0.15) is 0 Å². The van der Waals surface area contributed by atoms with Crippen LogP contribution in [-0.4, -0.2) is 106 Å². The predicted octanol–water partition coefficient (Wildman–Crippen LogP) is 5.45. The van der Waals surface area contributed by atoms with E-state index in [-0.39, 0.29) is 41.7 Å². The van der Waals surface area contributed by atoms with Crippen LogP contribution in [-0.2, 0) is 14.4 Å². The molecule has 3 aliphatic heterocycles. The zero-order valence-electron chi connectivity index (χ0n) is 32.5. The van der Waals surface area contributed by atoms with E-state index in [1.54, 1.807) is 12.1 Å². The minimum Gasteiger partial charge on any atom is -0.388 e. The Bertz CT molecular complexity index is 2120. The summed E-state index contributed by atoms with van der Waals surface area (Å²) in [6.07, 6.45) is 5.83. The smallest absolute Gasteiger partial charge is 0.249 e. The molecular weight excluding hydrogens is 743 g/mol. The highest BCUT2D eigenvalue weighted by Gasteiger charge is 2.38. The molecule has 14 heteroatoms. The van der Waals surface area contributed by atoms with E-state index < -0.39 is 23.4 Å². The summed E-state index contributed by atoms with van der Waals surface area (Å²) < 4.78 is 30.2. The molecule has 0 bridgehead atoms. The quantitative estimate of drug-likeness (QED) is 0.153. The Morgan fingerprint density at radius 1 is 0.810 bits per heavy atom. The van der Waals surface area contributed by atoms with Crippen LogP contribution in [0.25, 0.3) is 22.4 Å². The maximum atomic E-state index is 15.2. The number of imide groups is 1. The number of carbonyl (C=O) groups is 3. The van der Waals surface area contributed by atoms with Crippen LogP contribution in [0.15, 0.2) is 79.0 Å². The van der Waals surface area contributed by atoms with Gasteiger partial charge in [0.25, 0.3) is 0 Å². The van der Waals surface area contributed by atoms with Crippen LogP contribution >= 0.6 is 0 Å². The molecule has 0 spiro atoms. The molecule has 4 aliphatic rings. The van der Waals surface area contributed by atoms with Crippen LogP contribution < -0.4 is 20.9 Å². The van der Waals surface area contributed by atoms with E-state index in [4.69, 9.17) is 0 Å². The van der Waals surface area contributed by atoms with Gasteiger partial charge in [0.1, 0.15) is 17.6 Å². The Morgan fingerprint density at radius 3 is 2.26 bits per heavy atom. The Balaban J connectivity index is 0.771. The van der Waals surface area contributed by atoms with Crippen molar-refractivity contribution < 1.29 is 28.3 Å². The fraction of sp³-hybridized carbons (Fsp3) is 0.432. The molecule has 4 N–H and O–H groups in total. The van der Waals surface area contributed by atoms with Crippen molar-refractivity contribution in [2.45, 2.75) is 69.1 Å². The van der Waals surface area contributed by atoms with E-state index in [0.29, 0.717) is 88.0 Å². The highest BCUT2D eigenvalue weighted by atomic mass is 19.1. The normalized spacial score (nSPS) is 22.6. The number of likely N-dealkylation sites (tertiary alicyclic amines) is 1. The number of nitrogens with zero attached hydrogens (tertiary/aromatic N) is 5. The number of amides is 3. The summed E-state index contributed by atoms with van der Waals surface area (Å²) in [5, 5.41) is 20.3. The lowest BCUT2D eigenvalue weighted by Crippen LogP contribution is -2.56. The van der Waals surface area contributed by atoms with Gasteiger partial charge in [-0.3, -0.25) is 24.6 Å². The second-order valence-corrected chi connectivity index (χ2v) is 16.2. The van der Waals surface area contributed by atoms with Crippen molar-refractivity contribution in [1.82, 2.24) is 25.1 Å². The van der Waals surface area contributed by atoms with E-state index in [0.717, 1.165) is 36.8 Å². The average molecular weight is 793 g/mol. The van der Waals surface area contributed by atoms with Gasteiger partial charge in [-0.25, -0.2) is 18.7 Å². The number of aromatic nitrogens is 2. The van der Waals surface area contributed by atoms with Gasteiger partial charge in [0.2, 0.25) is 23.7 Å². The molecule has 1 aliphatic carbocycles. The summed E-state index contributed by atoms with van der Waals surface area (Å²) >= 11 is 0. The molecule has 0 radical (unpaired) electrons. The van der Waals surface area contributed by atoms with E-state index in [1.807, 2.05) is 64.4 Å². The van der Waals surface area contributed by atoms with Gasteiger partial charge in [0.15, 0.2) is 5.82 Å². The fourth-order valence-corrected chi connectivity index (χ4v) is 8.79. The third-order valence-electron chi connectivity index (χ3n) is 12.2. The summed E-state index contributed by atoms with van der Waals surface area (Å²) in [7, 11) is 0. The minimum atomic E-state index is -0.897. The lowest BCUT2D eigenvalue weighted by Gasteiger charge is -2.44. The highest BCUT2D eigenvalue weighted by Crippen LogP contribution is 2.33. The number of aliphatic hydroxyl groups is 1. The zero-order chi connectivity index (χ0) is 40.2. The Hall–Kier alpha value is -5.47. The first-order valence-electron chi connectivity index (χ1n) is 20.4. The summed E-state index contributed by atoms with van der Waals surface area (Å²) in [6, 6.07) is 22.0. The molecule has 1 unspecified atom stereocenters. The number of anilines is 3. The first-order chi connectivity index (χ1) is 28.1. The minimum absolute atomic E-state index is 0.0720. The number of halogens is 2. The summed E-state index contributed by atoms with van der Waals surface area (Å²) in [5.74, 6) is -1.13. The molecule has 304 valence electrons. The molecule has 1 aromatic heterocycles. The van der Waals surface area contributed by atoms with Crippen molar-refractivity contribution >= 4 is 35.0 Å². The van der Waals surface area contributed by atoms with Gasteiger partial charge in [0, 0.05) is 75.4 Å². The lowest BCUT2D eigenvalue weighted by molar-refractivity contribution is -0.141. The monoisotopic (exact) mass is 792 g/mol. The van der Waals surface area contributed by atoms with Crippen LogP contribution in [0.3, 0.4) is 0 Å². The van der Waals surface area contributed by atoms with Crippen molar-refractivity contribution in [3.8, 4) is 22.4 Å². The molecule has 1 saturated carbocycles. The van der Waals surface area contributed by atoms with Crippen LogP contribution in [0, 0.1) is 17.6 Å². The fourth-order valence-electron chi connectivity index (χ4n) is 8.79. The Labute approximate surface area is 337 Å². The van der Waals surface area contributed by atoms with Gasteiger partial charge in [-0.15, -0.1) is 0 Å². The molecule has 3 saturated heterocycles. The number of hydrogen-bond donors (Lipinski definition) is 4. The molecule has 58 heavy (non-hydrogen) atoms. The molecule has 4 aromatic rings. The van der Waals surface area contributed by atoms with Crippen molar-refractivity contribution in [1.29, 1.82) is 0 Å². The maximum Gasteiger partial charge on any atom is 0.249 e. The highest BCUT2D eigenvalue weighted by molar-refractivity contribution is 6.01. The summed E-state index contributed by atoms with van der Waals surface area (Å²) in [6.45, 7) is 4.07. The van der Waals surface area contributed by atoms with Crippen molar-refractivity contribution in [3.05, 3.63) is 90.6 Å². The zero-order valence-corrected chi connectivity index (χ0v) is 32.5. The Kier molecular flexibility index (Phi) is 11.7. The van der Waals surface area contributed by atoms with Gasteiger partial charge in [-0.1, -0.05) is 48.5 Å². The van der Waals surface area contributed by atoms with Crippen LogP contribution in [0.2, 0.25) is 0 Å². The number of benzene rings is 3. The van der Waals surface area contributed by atoms with E-state index in [2.05, 4.69) is 30.8 Å². The molecule has 12 nitrogen and oxygen atoms in total. The van der Waals surface area contributed by atoms with Crippen molar-refractivity contribution in [2.75, 3.05) is 61.3 Å². The molecule has 4 fully saturated rings. The lowest BCUT2D eigenvalue weighted by atomic mass is 9.84. The first kappa shape index (κ1) is 39.4. The number of rotatable bonds is 10. The SMILES string of the molecule is O=C1CCC(Nc2ccc(N3CCN(CC4(O)CCN(C(=O)[C@H]5CC[C@H](Nc6ncc(F)c(-c7cccc(-c8ccccc8)c7)n6)CC5)CC4)CC3)c(F)c2)C(=O)N1. The summed E-state index contributed by atoms with van der Waals surface area (Å²) in [5.41, 5.74) is 3.01. The number of piperazine rings is 1. The third-order valence-corrected chi connectivity index (χ3v) is 12.2. The van der Waals surface area contributed by atoms with E-state index >= 15 is 4.39 Å². The molecule has 3 aromatic carbocycles. The van der Waals surface area contributed by atoms with Gasteiger partial charge >= 0.3 is 0 Å². The van der Waals surface area contributed by atoms with Crippen molar-refractivity contribution in [2.24, 2.45) is 5.92 Å². The standard InChI is InChI=1S/C44H50F2N8O4/c45-35-26-34(48-37-14-16-39(55)50-41(37)56)13-15-38(35)53-23-21-52(22-24-53)28-44(58)17-19-54(20-18-44)42(57)30-9-11-33(12-10-30)49-43-47-27-36(46)40(51-43)32-8-4-7-31(25-32)29-5-2-1-3-6-29/h1-8,13,15,25-27,30,33,37,48,58H,9-12,14,16-24,28H2,(H,47,49,51)(H,50,55,56)/t30-,33-,37?. The molecule has 4 heterocycles. The van der Waals surface area contributed by atoms with Gasteiger partial charge in [0.05, 0.1) is 17.5 Å². The van der Waals surface area contributed by atoms with Crippen molar-refractivity contribution in [3.63, 3.8) is 0 Å². The second-order valence-electron chi connectivity index (χ2n) is 16.2. The molecular formula is C44H50F2N8O4. The second kappa shape index (κ2) is 17.2. The van der Waals surface area contributed by atoms with Gasteiger partial charge < -0.3 is 25.5 Å². The maximum absolute atomic E-state index is 15.2. The van der Waals surface area contributed by atoms with Crippen LogP contribution in [0.1, 0.15) is 51.4 Å². The molecule has 3 amide bonds. The number of nitrogens with one attached hydrogen (secondary N) is 3. The Morgan fingerprint density at radius 2 is 1.53 bits per heavy atom.